The van der Waals surface area contributed by atoms with Gasteiger partial charge in [-0.3, -0.25) is 4.79 Å². The number of fused-ring (bicyclic) bond motifs is 1. The first-order valence-electron chi connectivity index (χ1n) is 7.51. The minimum atomic E-state index is -0.811. The quantitative estimate of drug-likeness (QED) is 0.752. The fourth-order valence-corrected chi connectivity index (χ4v) is 2.91. The molecule has 3 aromatic rings. The van der Waals surface area contributed by atoms with E-state index in [2.05, 4.69) is 36.2 Å². The standard InChI is InChI=1S/C19H19NO2/c1-3-13-7-9-14(10-8-13)19-16(11-17(21)22)15-6-4-5-12(2)18(15)20-19/h4-10,20H,3,11H2,1-2H3,(H,21,22). The molecule has 0 amide bonds. The van der Waals surface area contributed by atoms with Crippen LogP contribution < -0.4 is 0 Å². The molecule has 0 fully saturated rings. The lowest BCUT2D eigenvalue weighted by Crippen LogP contribution is -2.01. The van der Waals surface area contributed by atoms with Crippen molar-refractivity contribution < 1.29 is 9.90 Å². The third-order valence-electron chi connectivity index (χ3n) is 4.13. The van der Waals surface area contributed by atoms with E-state index in [1.165, 1.54) is 5.56 Å². The first kappa shape index (κ1) is 14.4. The van der Waals surface area contributed by atoms with Crippen molar-refractivity contribution in [3.05, 3.63) is 59.2 Å². The number of hydrogen-bond donors (Lipinski definition) is 2. The van der Waals surface area contributed by atoms with Gasteiger partial charge in [0.2, 0.25) is 0 Å². The summed E-state index contributed by atoms with van der Waals surface area (Å²) in [5, 5.41) is 10.3. The molecule has 0 radical (unpaired) electrons. The Morgan fingerprint density at radius 2 is 1.86 bits per heavy atom. The number of para-hydroxylation sites is 1. The zero-order valence-electron chi connectivity index (χ0n) is 12.8. The molecule has 1 aromatic heterocycles. The van der Waals surface area contributed by atoms with E-state index in [1.807, 2.05) is 25.1 Å². The minimum Gasteiger partial charge on any atom is -0.481 e. The first-order chi connectivity index (χ1) is 10.6. The largest absolute Gasteiger partial charge is 0.481 e. The summed E-state index contributed by atoms with van der Waals surface area (Å²) in [5.74, 6) is -0.811. The highest BCUT2D eigenvalue weighted by Crippen LogP contribution is 2.32. The van der Waals surface area contributed by atoms with E-state index >= 15 is 0 Å². The van der Waals surface area contributed by atoms with Gasteiger partial charge in [0.1, 0.15) is 0 Å². The molecule has 2 aromatic carbocycles. The van der Waals surface area contributed by atoms with Crippen LogP contribution in [-0.4, -0.2) is 16.1 Å². The fraction of sp³-hybridized carbons (Fsp3) is 0.211. The lowest BCUT2D eigenvalue weighted by atomic mass is 10.0. The van der Waals surface area contributed by atoms with E-state index in [4.69, 9.17) is 0 Å². The summed E-state index contributed by atoms with van der Waals surface area (Å²) in [6, 6.07) is 14.3. The van der Waals surface area contributed by atoms with Crippen LogP contribution in [-0.2, 0) is 17.6 Å². The normalized spacial score (nSPS) is 11.0. The second kappa shape index (κ2) is 5.68. The molecule has 0 unspecified atom stereocenters. The van der Waals surface area contributed by atoms with Crippen LogP contribution in [0.1, 0.15) is 23.6 Å². The molecule has 0 aliphatic carbocycles. The van der Waals surface area contributed by atoms with Crippen LogP contribution in [0.2, 0.25) is 0 Å². The number of hydrogen-bond acceptors (Lipinski definition) is 1. The van der Waals surface area contributed by atoms with Crippen molar-refractivity contribution in [2.24, 2.45) is 0 Å². The van der Waals surface area contributed by atoms with Gasteiger partial charge in [-0.15, -0.1) is 0 Å². The number of nitrogens with one attached hydrogen (secondary N) is 1. The molecule has 1 heterocycles. The predicted octanol–water partition coefficient (Wildman–Crippen LogP) is 4.33. The second-order valence-electron chi connectivity index (χ2n) is 5.60. The van der Waals surface area contributed by atoms with Crippen LogP contribution in [0.4, 0.5) is 0 Å². The molecule has 0 aliphatic heterocycles. The summed E-state index contributed by atoms with van der Waals surface area (Å²) in [7, 11) is 0. The SMILES string of the molecule is CCc1ccc(-c2[nH]c3c(C)cccc3c2CC(=O)O)cc1. The van der Waals surface area contributed by atoms with Crippen LogP contribution in [0.25, 0.3) is 22.2 Å². The van der Waals surface area contributed by atoms with E-state index in [9.17, 15) is 9.90 Å². The molecule has 0 spiro atoms. The summed E-state index contributed by atoms with van der Waals surface area (Å²) in [4.78, 5) is 14.7. The summed E-state index contributed by atoms with van der Waals surface area (Å²) in [6.07, 6.45) is 1.02. The van der Waals surface area contributed by atoms with Crippen LogP contribution in [0.15, 0.2) is 42.5 Å². The Morgan fingerprint density at radius 3 is 2.50 bits per heavy atom. The molecular formula is C19H19NO2. The number of benzene rings is 2. The number of aliphatic carboxylic acids is 1. The Morgan fingerprint density at radius 1 is 1.14 bits per heavy atom. The van der Waals surface area contributed by atoms with Crippen molar-refractivity contribution in [3.63, 3.8) is 0 Å². The maximum Gasteiger partial charge on any atom is 0.307 e. The van der Waals surface area contributed by atoms with E-state index in [0.29, 0.717) is 0 Å². The van der Waals surface area contributed by atoms with Gasteiger partial charge < -0.3 is 10.1 Å². The summed E-state index contributed by atoms with van der Waals surface area (Å²) >= 11 is 0. The first-order valence-corrected chi connectivity index (χ1v) is 7.51. The molecule has 3 rings (SSSR count). The molecule has 0 saturated heterocycles. The maximum atomic E-state index is 11.3. The van der Waals surface area contributed by atoms with Crippen molar-refractivity contribution in [1.29, 1.82) is 0 Å². The Balaban J connectivity index is 2.22. The number of carbonyl (C=O) groups is 1. The highest BCUT2D eigenvalue weighted by Gasteiger charge is 2.16. The third-order valence-corrected chi connectivity index (χ3v) is 4.13. The van der Waals surface area contributed by atoms with Crippen molar-refractivity contribution in [2.45, 2.75) is 26.7 Å². The van der Waals surface area contributed by atoms with Gasteiger partial charge in [0, 0.05) is 10.9 Å². The van der Waals surface area contributed by atoms with Crippen molar-refractivity contribution >= 4 is 16.9 Å². The number of aryl methyl sites for hydroxylation is 2. The van der Waals surface area contributed by atoms with E-state index in [1.54, 1.807) is 0 Å². The van der Waals surface area contributed by atoms with Crippen LogP contribution in [0.3, 0.4) is 0 Å². The van der Waals surface area contributed by atoms with Crippen molar-refractivity contribution in [3.8, 4) is 11.3 Å². The zero-order valence-corrected chi connectivity index (χ0v) is 12.8. The minimum absolute atomic E-state index is 0.0221. The highest BCUT2D eigenvalue weighted by atomic mass is 16.4. The number of H-pyrrole nitrogens is 1. The zero-order chi connectivity index (χ0) is 15.7. The number of aromatic amines is 1. The maximum absolute atomic E-state index is 11.3. The average molecular weight is 293 g/mol. The van der Waals surface area contributed by atoms with Gasteiger partial charge in [0.05, 0.1) is 12.1 Å². The molecule has 0 bridgehead atoms. The summed E-state index contributed by atoms with van der Waals surface area (Å²) in [5.41, 5.74) is 6.22. The molecule has 0 saturated carbocycles. The Kier molecular flexibility index (Phi) is 3.72. The Hall–Kier alpha value is -2.55. The number of aromatic nitrogens is 1. The second-order valence-corrected chi connectivity index (χ2v) is 5.60. The van der Waals surface area contributed by atoms with E-state index in [0.717, 1.165) is 39.7 Å². The Bertz CT molecular complexity index is 829. The van der Waals surface area contributed by atoms with Crippen LogP contribution >= 0.6 is 0 Å². The van der Waals surface area contributed by atoms with Gasteiger partial charge in [0.15, 0.2) is 0 Å². The van der Waals surface area contributed by atoms with Gasteiger partial charge in [-0.1, -0.05) is 49.4 Å². The lowest BCUT2D eigenvalue weighted by molar-refractivity contribution is -0.136. The van der Waals surface area contributed by atoms with Gasteiger partial charge in [0.25, 0.3) is 0 Å². The highest BCUT2D eigenvalue weighted by molar-refractivity contribution is 5.95. The van der Waals surface area contributed by atoms with Crippen LogP contribution in [0, 0.1) is 6.92 Å². The predicted molar refractivity (Wildman–Crippen MR) is 89.2 cm³/mol. The lowest BCUT2D eigenvalue weighted by Gasteiger charge is -2.04. The molecule has 0 atom stereocenters. The fourth-order valence-electron chi connectivity index (χ4n) is 2.91. The van der Waals surface area contributed by atoms with E-state index < -0.39 is 5.97 Å². The topological polar surface area (TPSA) is 53.1 Å². The average Bonchev–Trinajstić information content (AvgIpc) is 2.87. The third kappa shape index (κ3) is 2.50. The molecule has 0 aliphatic rings. The van der Waals surface area contributed by atoms with E-state index in [-0.39, 0.29) is 6.42 Å². The van der Waals surface area contributed by atoms with Crippen molar-refractivity contribution in [2.75, 3.05) is 0 Å². The summed E-state index contributed by atoms with van der Waals surface area (Å²) < 4.78 is 0. The molecule has 2 N–H and O–H groups in total. The van der Waals surface area contributed by atoms with Gasteiger partial charge in [-0.25, -0.2) is 0 Å². The molecular weight excluding hydrogens is 274 g/mol. The van der Waals surface area contributed by atoms with Crippen molar-refractivity contribution in [1.82, 2.24) is 4.98 Å². The smallest absolute Gasteiger partial charge is 0.307 e. The number of rotatable bonds is 4. The van der Waals surface area contributed by atoms with Gasteiger partial charge >= 0.3 is 5.97 Å². The Labute approximate surface area is 129 Å². The van der Waals surface area contributed by atoms with Gasteiger partial charge in [-0.05, 0) is 35.6 Å². The molecule has 22 heavy (non-hydrogen) atoms. The monoisotopic (exact) mass is 293 g/mol. The molecule has 112 valence electrons. The number of carboxylic acids is 1. The van der Waals surface area contributed by atoms with Crippen LogP contribution in [0.5, 0.6) is 0 Å². The molecule has 3 heteroatoms. The van der Waals surface area contributed by atoms with Gasteiger partial charge in [-0.2, -0.15) is 0 Å². The number of carboxylic acid groups (broad SMARTS) is 1. The molecule has 3 nitrogen and oxygen atoms in total. The summed E-state index contributed by atoms with van der Waals surface area (Å²) in [6.45, 7) is 4.16.